The fourth-order valence-corrected chi connectivity index (χ4v) is 4.35. The maximum atomic E-state index is 12.6. The van der Waals surface area contributed by atoms with Crippen LogP contribution in [0.25, 0.3) is 11.0 Å². The van der Waals surface area contributed by atoms with Crippen molar-refractivity contribution in [3.63, 3.8) is 0 Å². The third kappa shape index (κ3) is 3.32. The van der Waals surface area contributed by atoms with Gasteiger partial charge >= 0.3 is 0 Å². The van der Waals surface area contributed by atoms with Crippen LogP contribution in [-0.4, -0.2) is 31.1 Å². The number of aryl methyl sites for hydroxylation is 1. The van der Waals surface area contributed by atoms with E-state index >= 15 is 0 Å². The van der Waals surface area contributed by atoms with Crippen LogP contribution in [0.5, 0.6) is 0 Å². The van der Waals surface area contributed by atoms with Gasteiger partial charge < -0.3 is 9.30 Å². The Morgan fingerprint density at radius 2 is 2.07 bits per heavy atom. The first kappa shape index (κ1) is 17.7. The number of nitrogens with one attached hydrogen (secondary N) is 1. The van der Waals surface area contributed by atoms with Gasteiger partial charge in [0.1, 0.15) is 12.4 Å². The van der Waals surface area contributed by atoms with Gasteiger partial charge in [0.15, 0.2) is 0 Å². The van der Waals surface area contributed by atoms with Gasteiger partial charge in [-0.3, -0.25) is 0 Å². The van der Waals surface area contributed by atoms with E-state index in [2.05, 4.69) is 14.3 Å². The van der Waals surface area contributed by atoms with Gasteiger partial charge in [-0.15, -0.1) is 0 Å². The molecule has 0 saturated carbocycles. The Labute approximate surface area is 157 Å². The second-order valence-electron chi connectivity index (χ2n) is 6.55. The second kappa shape index (κ2) is 6.78. The van der Waals surface area contributed by atoms with Crippen LogP contribution in [0.1, 0.15) is 23.0 Å². The van der Waals surface area contributed by atoms with Crippen LogP contribution < -0.4 is 4.72 Å². The molecular weight excluding hydrogens is 364 g/mol. The minimum Gasteiger partial charge on any atom is -0.371 e. The van der Waals surface area contributed by atoms with Crippen LogP contribution in [-0.2, 0) is 21.4 Å². The summed E-state index contributed by atoms with van der Waals surface area (Å²) in [6.45, 7) is 3.01. The zero-order valence-corrected chi connectivity index (χ0v) is 15.5. The first-order chi connectivity index (χ1) is 13.0. The average Bonchev–Trinajstić information content (AvgIpc) is 3.04. The number of ether oxygens (including phenoxy) is 1. The molecule has 1 atom stereocenters. The summed E-state index contributed by atoms with van der Waals surface area (Å²) in [5, 5.41) is 8.84. The monoisotopic (exact) mass is 382 g/mol. The number of benzene rings is 2. The fourth-order valence-electron chi connectivity index (χ4n) is 3.28. The molecule has 138 valence electrons. The molecule has 1 N–H and O–H groups in total. The molecule has 0 radical (unpaired) electrons. The van der Waals surface area contributed by atoms with Gasteiger partial charge in [-0.25, -0.2) is 18.1 Å². The van der Waals surface area contributed by atoms with Crippen LogP contribution in [0.15, 0.2) is 47.4 Å². The molecule has 7 nitrogen and oxygen atoms in total. The summed E-state index contributed by atoms with van der Waals surface area (Å²) in [7, 11) is -3.68. The van der Waals surface area contributed by atoms with Gasteiger partial charge in [-0.1, -0.05) is 6.07 Å². The minimum atomic E-state index is -3.68. The molecular formula is C19H18N4O3S. The third-order valence-electron chi connectivity index (χ3n) is 4.63. The smallest absolute Gasteiger partial charge is 0.240 e. The van der Waals surface area contributed by atoms with Gasteiger partial charge in [0.25, 0.3) is 0 Å². The lowest BCUT2D eigenvalue weighted by Gasteiger charge is -2.26. The van der Waals surface area contributed by atoms with Crippen molar-refractivity contribution in [2.75, 3.05) is 13.2 Å². The van der Waals surface area contributed by atoms with E-state index in [0.29, 0.717) is 18.8 Å². The number of hydrogen-bond acceptors (Lipinski definition) is 5. The van der Waals surface area contributed by atoms with Crippen molar-refractivity contribution in [3.05, 3.63) is 59.4 Å². The summed E-state index contributed by atoms with van der Waals surface area (Å²) in [5.74, 6) is 0.796. The average molecular weight is 382 g/mol. The zero-order chi connectivity index (χ0) is 19.0. The van der Waals surface area contributed by atoms with E-state index in [1.165, 1.54) is 24.3 Å². The van der Waals surface area contributed by atoms with Crippen molar-refractivity contribution in [1.29, 1.82) is 5.26 Å². The molecule has 2 heterocycles. The van der Waals surface area contributed by atoms with Gasteiger partial charge in [0, 0.05) is 6.54 Å². The first-order valence-electron chi connectivity index (χ1n) is 8.53. The van der Waals surface area contributed by atoms with Crippen molar-refractivity contribution >= 4 is 21.1 Å². The minimum absolute atomic E-state index is 0.129. The van der Waals surface area contributed by atoms with Crippen molar-refractivity contribution in [2.24, 2.45) is 0 Å². The lowest BCUT2D eigenvalue weighted by molar-refractivity contribution is 0.0581. The van der Waals surface area contributed by atoms with E-state index in [1.54, 1.807) is 0 Å². The number of rotatable bonds is 4. The summed E-state index contributed by atoms with van der Waals surface area (Å²) < 4.78 is 35.5. The number of hydrogen-bond donors (Lipinski definition) is 1. The molecule has 4 rings (SSSR count). The van der Waals surface area contributed by atoms with E-state index in [4.69, 9.17) is 10.00 Å². The van der Waals surface area contributed by atoms with E-state index in [9.17, 15) is 8.42 Å². The van der Waals surface area contributed by atoms with Crippen LogP contribution in [0.2, 0.25) is 0 Å². The number of imidazole rings is 1. The van der Waals surface area contributed by atoms with Crippen LogP contribution >= 0.6 is 0 Å². The van der Waals surface area contributed by atoms with Crippen molar-refractivity contribution in [3.8, 4) is 6.07 Å². The van der Waals surface area contributed by atoms with Gasteiger partial charge in [-0.2, -0.15) is 5.26 Å². The highest BCUT2D eigenvalue weighted by Crippen LogP contribution is 2.26. The molecule has 1 unspecified atom stereocenters. The van der Waals surface area contributed by atoms with Crippen molar-refractivity contribution in [2.45, 2.75) is 24.5 Å². The van der Waals surface area contributed by atoms with Gasteiger partial charge in [0.2, 0.25) is 10.0 Å². The molecule has 0 amide bonds. The van der Waals surface area contributed by atoms with Crippen molar-refractivity contribution < 1.29 is 13.2 Å². The Kier molecular flexibility index (Phi) is 4.44. The number of fused-ring (bicyclic) bond motifs is 3. The maximum Gasteiger partial charge on any atom is 0.240 e. The Balaban J connectivity index is 1.59. The topological polar surface area (TPSA) is 97.0 Å². The molecule has 2 aromatic carbocycles. The van der Waals surface area contributed by atoms with Gasteiger partial charge in [-0.05, 0) is 48.9 Å². The van der Waals surface area contributed by atoms with E-state index in [1.807, 2.05) is 31.2 Å². The Hall–Kier alpha value is -2.73. The summed E-state index contributed by atoms with van der Waals surface area (Å²) in [4.78, 5) is 4.75. The largest absolute Gasteiger partial charge is 0.371 e. The summed E-state index contributed by atoms with van der Waals surface area (Å²) in [6.07, 6.45) is 0. The predicted molar refractivity (Wildman–Crippen MR) is 99.5 cm³/mol. The third-order valence-corrected chi connectivity index (χ3v) is 6.07. The first-order valence-corrected chi connectivity index (χ1v) is 10.0. The molecule has 0 aliphatic carbocycles. The lowest BCUT2D eigenvalue weighted by atomic mass is 10.2. The normalized spacial score (nSPS) is 16.8. The lowest BCUT2D eigenvalue weighted by Crippen LogP contribution is -2.35. The molecule has 0 bridgehead atoms. The fraction of sp³-hybridized carbons (Fsp3) is 0.263. The summed E-state index contributed by atoms with van der Waals surface area (Å²) in [5.41, 5.74) is 3.40. The molecule has 0 saturated heterocycles. The molecule has 27 heavy (non-hydrogen) atoms. The SMILES string of the molecule is Cc1ccc2c(c1)nc1n2C(CNS(=O)(=O)c2ccc(C#N)cc2)COC1. The Morgan fingerprint density at radius 3 is 2.81 bits per heavy atom. The second-order valence-corrected chi connectivity index (χ2v) is 8.31. The molecule has 0 spiro atoms. The molecule has 3 aromatic rings. The number of sulfonamides is 1. The molecule has 1 aliphatic rings. The summed E-state index contributed by atoms with van der Waals surface area (Å²) in [6, 6.07) is 13.7. The summed E-state index contributed by atoms with van der Waals surface area (Å²) >= 11 is 0. The van der Waals surface area contributed by atoms with Crippen molar-refractivity contribution in [1.82, 2.24) is 14.3 Å². The van der Waals surface area contributed by atoms with Crippen LogP contribution in [0, 0.1) is 18.3 Å². The van der Waals surface area contributed by atoms with Gasteiger partial charge in [0.05, 0.1) is 40.2 Å². The molecule has 0 fully saturated rings. The highest BCUT2D eigenvalue weighted by molar-refractivity contribution is 7.89. The highest BCUT2D eigenvalue weighted by atomic mass is 32.2. The molecule has 1 aliphatic heterocycles. The number of aromatic nitrogens is 2. The van der Waals surface area contributed by atoms with E-state index < -0.39 is 10.0 Å². The Bertz CT molecular complexity index is 1140. The maximum absolute atomic E-state index is 12.6. The quantitative estimate of drug-likeness (QED) is 0.747. The molecule has 1 aromatic heterocycles. The number of nitriles is 1. The van der Waals surface area contributed by atoms with E-state index in [-0.39, 0.29) is 17.5 Å². The van der Waals surface area contributed by atoms with Crippen LogP contribution in [0.4, 0.5) is 0 Å². The predicted octanol–water partition coefficient (Wildman–Crippen LogP) is 2.27. The highest BCUT2D eigenvalue weighted by Gasteiger charge is 2.26. The standard InChI is InChI=1S/C19H18N4O3S/c1-13-2-7-18-17(8-13)22-19-12-26-11-15(23(18)19)10-21-27(24,25)16-5-3-14(9-20)4-6-16/h2-8,15,21H,10-12H2,1H3. The Morgan fingerprint density at radius 1 is 1.30 bits per heavy atom. The van der Waals surface area contributed by atoms with Crippen LogP contribution in [0.3, 0.4) is 0 Å². The van der Waals surface area contributed by atoms with E-state index in [0.717, 1.165) is 22.4 Å². The number of nitrogens with zero attached hydrogens (tertiary/aromatic N) is 3. The molecule has 8 heteroatoms. The zero-order valence-electron chi connectivity index (χ0n) is 14.7.